The molecule has 2 aliphatic carbocycles. The molecule has 1 heteroatoms. The minimum atomic E-state index is -0.214. The first-order valence-electron chi connectivity index (χ1n) is 6.04. The van der Waals surface area contributed by atoms with Crippen LogP contribution in [0.3, 0.4) is 0 Å². The molecule has 0 aliphatic heterocycles. The molecule has 1 unspecified atom stereocenters. The molecule has 0 radical (unpaired) electrons. The van der Waals surface area contributed by atoms with Gasteiger partial charge >= 0.3 is 0 Å². The first-order valence-corrected chi connectivity index (χ1v) is 6.04. The summed E-state index contributed by atoms with van der Waals surface area (Å²) in [6.45, 7) is 6.59. The molecule has 0 saturated heterocycles. The third-order valence-corrected chi connectivity index (χ3v) is 3.38. The highest BCUT2D eigenvalue weighted by Gasteiger charge is 2.27. The molecular formula is C15H21N. The molecule has 0 fully saturated rings. The van der Waals surface area contributed by atoms with E-state index in [0.717, 1.165) is 6.42 Å². The van der Waals surface area contributed by atoms with Crippen molar-refractivity contribution in [3.63, 3.8) is 0 Å². The molecule has 2 N–H and O–H groups in total. The van der Waals surface area contributed by atoms with Gasteiger partial charge in [-0.05, 0) is 43.8 Å². The number of hydrogen-bond acceptors (Lipinski definition) is 1. The minimum absolute atomic E-state index is 0.214. The molecule has 2 aliphatic rings. The van der Waals surface area contributed by atoms with Gasteiger partial charge in [0.15, 0.2) is 0 Å². The molecule has 0 amide bonds. The summed E-state index contributed by atoms with van der Waals surface area (Å²) in [7, 11) is 0. The monoisotopic (exact) mass is 215 g/mol. The van der Waals surface area contributed by atoms with Crippen molar-refractivity contribution < 1.29 is 0 Å². The summed E-state index contributed by atoms with van der Waals surface area (Å²) < 4.78 is 0. The second-order valence-corrected chi connectivity index (χ2v) is 5.42. The minimum Gasteiger partial charge on any atom is -0.321 e. The molecule has 0 heterocycles. The van der Waals surface area contributed by atoms with Crippen molar-refractivity contribution in [2.45, 2.75) is 39.2 Å². The molecule has 0 aromatic rings. The maximum atomic E-state index is 6.35. The second-order valence-electron chi connectivity index (χ2n) is 5.42. The molecule has 0 aromatic heterocycles. The predicted molar refractivity (Wildman–Crippen MR) is 70.1 cm³/mol. The Labute approximate surface area is 98.4 Å². The van der Waals surface area contributed by atoms with E-state index >= 15 is 0 Å². The first kappa shape index (κ1) is 11.4. The van der Waals surface area contributed by atoms with Crippen molar-refractivity contribution in [2.24, 2.45) is 11.7 Å². The number of rotatable bonds is 1. The van der Waals surface area contributed by atoms with E-state index < -0.39 is 0 Å². The van der Waals surface area contributed by atoms with Gasteiger partial charge in [0.1, 0.15) is 0 Å². The summed E-state index contributed by atoms with van der Waals surface area (Å²) in [4.78, 5) is 0. The van der Waals surface area contributed by atoms with E-state index in [1.54, 1.807) is 0 Å². The van der Waals surface area contributed by atoms with Gasteiger partial charge in [-0.3, -0.25) is 0 Å². The van der Waals surface area contributed by atoms with Crippen LogP contribution in [-0.2, 0) is 0 Å². The number of nitrogens with two attached hydrogens (primary N) is 1. The summed E-state index contributed by atoms with van der Waals surface area (Å²) in [5, 5.41) is 0. The lowest BCUT2D eigenvalue weighted by Gasteiger charge is -2.31. The van der Waals surface area contributed by atoms with Gasteiger partial charge in [0.25, 0.3) is 0 Å². The van der Waals surface area contributed by atoms with Crippen LogP contribution in [0.1, 0.15) is 33.6 Å². The fourth-order valence-corrected chi connectivity index (χ4v) is 2.62. The van der Waals surface area contributed by atoms with Crippen molar-refractivity contribution in [3.8, 4) is 0 Å². The van der Waals surface area contributed by atoms with Crippen LogP contribution in [0.25, 0.3) is 0 Å². The Balaban J connectivity index is 2.38. The van der Waals surface area contributed by atoms with E-state index in [1.807, 2.05) is 0 Å². The van der Waals surface area contributed by atoms with Crippen LogP contribution in [0.4, 0.5) is 0 Å². The highest BCUT2D eigenvalue weighted by atomic mass is 14.7. The summed E-state index contributed by atoms with van der Waals surface area (Å²) in [6.07, 6.45) is 13.2. The Kier molecular flexibility index (Phi) is 2.90. The van der Waals surface area contributed by atoms with Crippen LogP contribution in [0.5, 0.6) is 0 Å². The van der Waals surface area contributed by atoms with E-state index in [4.69, 9.17) is 5.73 Å². The summed E-state index contributed by atoms with van der Waals surface area (Å²) in [5.41, 5.74) is 10.2. The van der Waals surface area contributed by atoms with Crippen molar-refractivity contribution in [3.05, 3.63) is 47.1 Å². The fourth-order valence-electron chi connectivity index (χ4n) is 2.62. The van der Waals surface area contributed by atoms with Gasteiger partial charge in [-0.25, -0.2) is 0 Å². The molecule has 0 aromatic carbocycles. The molecular weight excluding hydrogens is 194 g/mol. The van der Waals surface area contributed by atoms with Gasteiger partial charge in [0.05, 0.1) is 0 Å². The van der Waals surface area contributed by atoms with Crippen LogP contribution in [-0.4, -0.2) is 5.54 Å². The van der Waals surface area contributed by atoms with Gasteiger partial charge < -0.3 is 5.73 Å². The smallest absolute Gasteiger partial charge is 0.0421 e. The van der Waals surface area contributed by atoms with Crippen molar-refractivity contribution in [2.75, 3.05) is 0 Å². The van der Waals surface area contributed by atoms with E-state index in [2.05, 4.69) is 51.2 Å². The molecule has 86 valence electrons. The molecule has 2 rings (SSSR count). The molecule has 0 spiro atoms. The summed E-state index contributed by atoms with van der Waals surface area (Å²) in [6, 6.07) is 0. The lowest BCUT2D eigenvalue weighted by Crippen LogP contribution is -2.39. The highest BCUT2D eigenvalue weighted by molar-refractivity contribution is 5.51. The lowest BCUT2D eigenvalue weighted by molar-refractivity contribution is 0.556. The van der Waals surface area contributed by atoms with Gasteiger partial charge in [0, 0.05) is 5.54 Å². The van der Waals surface area contributed by atoms with Crippen molar-refractivity contribution in [1.82, 2.24) is 0 Å². The zero-order valence-corrected chi connectivity index (χ0v) is 10.5. The predicted octanol–water partition coefficient (Wildman–Crippen LogP) is 3.50. The Morgan fingerprint density at radius 2 is 2.19 bits per heavy atom. The second kappa shape index (κ2) is 4.06. The van der Waals surface area contributed by atoms with Crippen LogP contribution in [0.15, 0.2) is 47.1 Å². The SMILES string of the molecule is CC1=CC(C2=CC=CCC2(C)N)=C[C@H](C)C1. The first-order chi connectivity index (χ1) is 7.49. The molecule has 2 atom stereocenters. The zero-order valence-electron chi connectivity index (χ0n) is 10.5. The Hall–Kier alpha value is -1.08. The summed E-state index contributed by atoms with van der Waals surface area (Å²) in [5.74, 6) is 0.627. The zero-order chi connectivity index (χ0) is 11.8. The van der Waals surface area contributed by atoms with E-state index in [-0.39, 0.29) is 5.54 Å². The lowest BCUT2D eigenvalue weighted by atomic mass is 9.78. The van der Waals surface area contributed by atoms with Crippen molar-refractivity contribution in [1.29, 1.82) is 0 Å². The molecule has 0 saturated carbocycles. The largest absolute Gasteiger partial charge is 0.321 e. The maximum absolute atomic E-state index is 6.35. The third kappa shape index (κ3) is 2.19. The molecule has 0 bridgehead atoms. The average molecular weight is 215 g/mol. The number of allylic oxidation sites excluding steroid dienone is 5. The van der Waals surface area contributed by atoms with E-state index in [0.29, 0.717) is 5.92 Å². The van der Waals surface area contributed by atoms with Crippen LogP contribution in [0.2, 0.25) is 0 Å². The average Bonchev–Trinajstić information content (AvgIpc) is 2.15. The Bertz CT molecular complexity index is 405. The third-order valence-electron chi connectivity index (χ3n) is 3.38. The van der Waals surface area contributed by atoms with E-state index in [9.17, 15) is 0 Å². The van der Waals surface area contributed by atoms with Gasteiger partial charge in [0.2, 0.25) is 0 Å². The Morgan fingerprint density at radius 3 is 2.81 bits per heavy atom. The highest BCUT2D eigenvalue weighted by Crippen LogP contribution is 2.34. The van der Waals surface area contributed by atoms with Gasteiger partial charge in [-0.2, -0.15) is 0 Å². The van der Waals surface area contributed by atoms with Crippen LogP contribution < -0.4 is 5.73 Å². The fraction of sp³-hybridized carbons (Fsp3) is 0.467. The maximum Gasteiger partial charge on any atom is 0.0421 e. The normalized spacial score (nSPS) is 34.2. The molecule has 16 heavy (non-hydrogen) atoms. The van der Waals surface area contributed by atoms with Crippen LogP contribution in [0, 0.1) is 5.92 Å². The van der Waals surface area contributed by atoms with E-state index in [1.165, 1.54) is 23.1 Å². The van der Waals surface area contributed by atoms with Gasteiger partial charge in [-0.1, -0.05) is 42.9 Å². The van der Waals surface area contributed by atoms with Crippen molar-refractivity contribution >= 4 is 0 Å². The molecule has 1 nitrogen and oxygen atoms in total. The summed E-state index contributed by atoms with van der Waals surface area (Å²) >= 11 is 0. The topological polar surface area (TPSA) is 26.0 Å². The van der Waals surface area contributed by atoms with Gasteiger partial charge in [-0.15, -0.1) is 0 Å². The van der Waals surface area contributed by atoms with Crippen LogP contribution >= 0.6 is 0 Å². The quantitative estimate of drug-likeness (QED) is 0.711. The standard InChI is InChI=1S/C15H21N/c1-11-8-12(2)10-13(9-11)14-6-4-5-7-15(14,3)16/h4-6,9-11H,7-8,16H2,1-3H3/t11-,15?/m1/s1. The Morgan fingerprint density at radius 1 is 1.44 bits per heavy atom. The number of hydrogen-bond donors (Lipinski definition) is 1.